The number of nitrogens with one attached hydrogen (secondary N) is 2. The van der Waals surface area contributed by atoms with Gasteiger partial charge in [-0.15, -0.1) is 0 Å². The number of hydrogen-bond acceptors (Lipinski definition) is 3. The average molecular weight is 330 g/mol. The Morgan fingerprint density at radius 2 is 1.79 bits per heavy atom. The highest BCUT2D eigenvalue weighted by Crippen LogP contribution is 2.18. The Labute approximate surface area is 139 Å². The maximum atomic E-state index is 13.1. The molecule has 2 amide bonds. The first-order valence-electron chi connectivity index (χ1n) is 7.47. The predicted octanol–water partition coefficient (Wildman–Crippen LogP) is 1.58. The van der Waals surface area contributed by atoms with Gasteiger partial charge in [-0.2, -0.15) is 0 Å². The van der Waals surface area contributed by atoms with Gasteiger partial charge >= 0.3 is 0 Å². The summed E-state index contributed by atoms with van der Waals surface area (Å²) in [7, 11) is 0. The van der Waals surface area contributed by atoms with Crippen molar-refractivity contribution in [3.63, 3.8) is 0 Å². The molecule has 0 saturated carbocycles. The van der Waals surface area contributed by atoms with E-state index in [1.807, 2.05) is 6.07 Å². The smallest absolute Gasteiger partial charge is 0.251 e. The minimum absolute atomic E-state index is 0.00564. The molecule has 0 aromatic heterocycles. The average Bonchev–Trinajstić information content (AvgIpc) is 2.58. The lowest BCUT2D eigenvalue weighted by Crippen LogP contribution is -2.43. The van der Waals surface area contributed by atoms with E-state index in [0.29, 0.717) is 5.56 Å². The lowest BCUT2D eigenvalue weighted by molar-refractivity contribution is -0.121. The molecule has 0 aliphatic heterocycles. The summed E-state index contributed by atoms with van der Waals surface area (Å²) in [5, 5.41) is 15.3. The molecule has 0 aliphatic carbocycles. The summed E-state index contributed by atoms with van der Waals surface area (Å²) in [6, 6.07) is 14.1. The van der Waals surface area contributed by atoms with Crippen LogP contribution in [0.2, 0.25) is 0 Å². The topological polar surface area (TPSA) is 78.4 Å². The number of benzene rings is 2. The van der Waals surface area contributed by atoms with Gasteiger partial charge in [0.15, 0.2) is 0 Å². The van der Waals surface area contributed by atoms with Gasteiger partial charge in [-0.3, -0.25) is 9.59 Å². The van der Waals surface area contributed by atoms with Crippen molar-refractivity contribution in [3.05, 3.63) is 71.5 Å². The Morgan fingerprint density at radius 3 is 2.46 bits per heavy atom. The Kier molecular flexibility index (Phi) is 5.65. The second kappa shape index (κ2) is 7.70. The monoisotopic (exact) mass is 330 g/mol. The van der Waals surface area contributed by atoms with Gasteiger partial charge in [0.25, 0.3) is 5.91 Å². The minimum atomic E-state index is -1.22. The molecule has 0 fully saturated rings. The number of carbonyl (C=O) groups is 2. The van der Waals surface area contributed by atoms with Gasteiger partial charge in [-0.05, 0) is 30.7 Å². The molecule has 0 saturated heterocycles. The number of rotatable bonds is 6. The number of halogens is 1. The standard InChI is InChI=1S/C18H19FN2O3/c1-18(24,14-7-3-2-4-8-14)12-21-16(22)11-20-17(23)13-6-5-9-15(19)10-13/h2-10,24H,11-12H2,1H3,(H,20,23)(H,21,22). The molecule has 24 heavy (non-hydrogen) atoms. The van der Waals surface area contributed by atoms with Crippen LogP contribution in [0.1, 0.15) is 22.8 Å². The van der Waals surface area contributed by atoms with Crippen molar-refractivity contribution in [2.75, 3.05) is 13.1 Å². The summed E-state index contributed by atoms with van der Waals surface area (Å²) in [6.07, 6.45) is 0. The fourth-order valence-corrected chi connectivity index (χ4v) is 2.12. The van der Waals surface area contributed by atoms with Gasteiger partial charge in [0.05, 0.1) is 13.1 Å². The molecule has 5 nitrogen and oxygen atoms in total. The second-order valence-electron chi connectivity index (χ2n) is 5.61. The van der Waals surface area contributed by atoms with E-state index in [4.69, 9.17) is 0 Å². The molecule has 2 aromatic carbocycles. The minimum Gasteiger partial charge on any atom is -0.384 e. The van der Waals surface area contributed by atoms with Gasteiger partial charge in [0.1, 0.15) is 11.4 Å². The summed E-state index contributed by atoms with van der Waals surface area (Å²) in [5.74, 6) is -1.51. The van der Waals surface area contributed by atoms with Gasteiger partial charge in [0, 0.05) is 5.56 Å². The molecule has 0 spiro atoms. The molecule has 2 rings (SSSR count). The van der Waals surface area contributed by atoms with Crippen LogP contribution in [0.3, 0.4) is 0 Å². The fraction of sp³-hybridized carbons (Fsp3) is 0.222. The van der Waals surface area contributed by atoms with E-state index in [-0.39, 0.29) is 18.7 Å². The van der Waals surface area contributed by atoms with Crippen LogP contribution >= 0.6 is 0 Å². The zero-order valence-corrected chi connectivity index (χ0v) is 13.3. The van der Waals surface area contributed by atoms with Crippen molar-refractivity contribution < 1.29 is 19.1 Å². The maximum Gasteiger partial charge on any atom is 0.251 e. The molecule has 0 aliphatic rings. The van der Waals surface area contributed by atoms with Crippen molar-refractivity contribution in [2.24, 2.45) is 0 Å². The Hall–Kier alpha value is -2.73. The van der Waals surface area contributed by atoms with Gasteiger partial charge in [0.2, 0.25) is 5.91 Å². The predicted molar refractivity (Wildman–Crippen MR) is 87.8 cm³/mol. The molecule has 126 valence electrons. The van der Waals surface area contributed by atoms with Crippen LogP contribution < -0.4 is 10.6 Å². The van der Waals surface area contributed by atoms with E-state index >= 15 is 0 Å². The third kappa shape index (κ3) is 4.89. The highest BCUT2D eigenvalue weighted by Gasteiger charge is 2.23. The maximum absolute atomic E-state index is 13.1. The SMILES string of the molecule is CC(O)(CNC(=O)CNC(=O)c1cccc(F)c1)c1ccccc1. The molecule has 1 unspecified atom stereocenters. The lowest BCUT2D eigenvalue weighted by atomic mass is 9.96. The van der Waals surface area contributed by atoms with E-state index in [1.54, 1.807) is 31.2 Å². The molecular formula is C18H19FN2O3. The van der Waals surface area contributed by atoms with Crippen LogP contribution in [0.15, 0.2) is 54.6 Å². The highest BCUT2D eigenvalue weighted by atomic mass is 19.1. The van der Waals surface area contributed by atoms with Crippen molar-refractivity contribution in [3.8, 4) is 0 Å². The molecule has 3 N–H and O–H groups in total. The Morgan fingerprint density at radius 1 is 1.08 bits per heavy atom. The van der Waals surface area contributed by atoms with E-state index in [9.17, 15) is 19.1 Å². The fourth-order valence-electron chi connectivity index (χ4n) is 2.12. The molecule has 0 heterocycles. The van der Waals surface area contributed by atoms with Crippen LogP contribution in [0.4, 0.5) is 4.39 Å². The van der Waals surface area contributed by atoms with Crippen molar-refractivity contribution >= 4 is 11.8 Å². The molecular weight excluding hydrogens is 311 g/mol. The van der Waals surface area contributed by atoms with E-state index < -0.39 is 23.2 Å². The van der Waals surface area contributed by atoms with E-state index in [2.05, 4.69) is 10.6 Å². The molecule has 0 radical (unpaired) electrons. The van der Waals surface area contributed by atoms with Gasteiger partial charge in [-0.25, -0.2) is 4.39 Å². The zero-order chi connectivity index (χ0) is 17.6. The summed E-state index contributed by atoms with van der Waals surface area (Å²) in [6.45, 7) is 1.33. The highest BCUT2D eigenvalue weighted by molar-refractivity contribution is 5.96. The molecule has 6 heteroatoms. The van der Waals surface area contributed by atoms with Crippen molar-refractivity contribution in [2.45, 2.75) is 12.5 Å². The third-order valence-electron chi connectivity index (χ3n) is 3.52. The summed E-state index contributed by atoms with van der Waals surface area (Å²) < 4.78 is 13.1. The largest absolute Gasteiger partial charge is 0.384 e. The normalized spacial score (nSPS) is 13.0. The Bertz CT molecular complexity index is 717. The van der Waals surface area contributed by atoms with Crippen LogP contribution in [0, 0.1) is 5.82 Å². The van der Waals surface area contributed by atoms with Crippen LogP contribution in [-0.4, -0.2) is 30.0 Å². The number of hydrogen-bond donors (Lipinski definition) is 3. The number of aliphatic hydroxyl groups is 1. The first-order chi connectivity index (χ1) is 11.4. The van der Waals surface area contributed by atoms with Crippen LogP contribution in [-0.2, 0) is 10.4 Å². The second-order valence-corrected chi connectivity index (χ2v) is 5.61. The first kappa shape index (κ1) is 17.6. The third-order valence-corrected chi connectivity index (χ3v) is 3.52. The zero-order valence-electron chi connectivity index (χ0n) is 13.3. The van der Waals surface area contributed by atoms with Crippen molar-refractivity contribution in [1.82, 2.24) is 10.6 Å². The van der Waals surface area contributed by atoms with Crippen LogP contribution in [0.5, 0.6) is 0 Å². The van der Waals surface area contributed by atoms with Gasteiger partial charge in [-0.1, -0.05) is 36.4 Å². The number of carbonyl (C=O) groups excluding carboxylic acids is 2. The van der Waals surface area contributed by atoms with E-state index in [0.717, 1.165) is 6.07 Å². The quantitative estimate of drug-likeness (QED) is 0.752. The molecule has 0 bridgehead atoms. The number of amides is 2. The molecule has 1 atom stereocenters. The van der Waals surface area contributed by atoms with E-state index in [1.165, 1.54) is 18.2 Å². The lowest BCUT2D eigenvalue weighted by Gasteiger charge is -2.24. The van der Waals surface area contributed by atoms with Crippen LogP contribution in [0.25, 0.3) is 0 Å². The summed E-state index contributed by atoms with van der Waals surface area (Å²) in [4.78, 5) is 23.6. The summed E-state index contributed by atoms with van der Waals surface area (Å²) in [5.41, 5.74) is -0.406. The van der Waals surface area contributed by atoms with Gasteiger partial charge < -0.3 is 15.7 Å². The summed E-state index contributed by atoms with van der Waals surface area (Å²) >= 11 is 0. The molecule has 2 aromatic rings. The Balaban J connectivity index is 1.82. The first-order valence-corrected chi connectivity index (χ1v) is 7.47. The van der Waals surface area contributed by atoms with Crippen molar-refractivity contribution in [1.29, 1.82) is 0 Å².